The van der Waals surface area contributed by atoms with Gasteiger partial charge in [-0.1, -0.05) is 24.3 Å². The lowest BCUT2D eigenvalue weighted by Crippen LogP contribution is -2.56. The summed E-state index contributed by atoms with van der Waals surface area (Å²) < 4.78 is 5.47. The average molecular weight is 262 g/mol. The number of nitrogens with zero attached hydrogens (tertiary/aromatic N) is 1. The average Bonchev–Trinajstić information content (AvgIpc) is 2.46. The molecule has 1 aliphatic carbocycles. The molecule has 1 atom stereocenters. The molecule has 3 nitrogen and oxygen atoms in total. The van der Waals surface area contributed by atoms with Gasteiger partial charge in [0.25, 0.3) is 0 Å². The third-order valence-corrected chi connectivity index (χ3v) is 4.46. The molecule has 3 heteroatoms. The normalized spacial score (nSPS) is 22.5. The van der Waals surface area contributed by atoms with Gasteiger partial charge in [0.1, 0.15) is 0 Å². The third kappa shape index (κ3) is 3.16. The van der Waals surface area contributed by atoms with Crippen molar-refractivity contribution in [1.29, 1.82) is 0 Å². The number of aryl methyl sites for hydroxylation is 1. The number of ether oxygens (including phenoxy) is 1. The van der Waals surface area contributed by atoms with Gasteiger partial charge in [0.15, 0.2) is 0 Å². The van der Waals surface area contributed by atoms with Crippen molar-refractivity contribution < 1.29 is 4.74 Å². The molecule has 2 N–H and O–H groups in total. The van der Waals surface area contributed by atoms with Gasteiger partial charge in [-0.3, -0.25) is 4.90 Å². The summed E-state index contributed by atoms with van der Waals surface area (Å²) >= 11 is 0. The zero-order valence-electron chi connectivity index (χ0n) is 12.2. The summed E-state index contributed by atoms with van der Waals surface area (Å²) in [6, 6.07) is 8.75. The first-order chi connectivity index (χ1) is 9.22. The van der Waals surface area contributed by atoms with E-state index >= 15 is 0 Å². The number of nitrogens with two attached hydrogens (primary N) is 1. The molecule has 0 aliphatic heterocycles. The van der Waals surface area contributed by atoms with Gasteiger partial charge in [-0.15, -0.1) is 0 Å². The molecule has 19 heavy (non-hydrogen) atoms. The summed E-state index contributed by atoms with van der Waals surface area (Å²) in [5, 5.41) is 0. The highest BCUT2D eigenvalue weighted by molar-refractivity contribution is 5.32. The van der Waals surface area contributed by atoms with Crippen LogP contribution in [0.1, 0.15) is 24.5 Å². The van der Waals surface area contributed by atoms with Crippen molar-refractivity contribution in [3.8, 4) is 0 Å². The predicted octanol–water partition coefficient (Wildman–Crippen LogP) is 1.84. The van der Waals surface area contributed by atoms with E-state index in [0.29, 0.717) is 6.54 Å². The smallest absolute Gasteiger partial charge is 0.0593 e. The fourth-order valence-corrected chi connectivity index (χ4v) is 3.02. The van der Waals surface area contributed by atoms with E-state index in [1.807, 2.05) is 6.92 Å². The van der Waals surface area contributed by atoms with Crippen molar-refractivity contribution in [2.24, 2.45) is 5.73 Å². The van der Waals surface area contributed by atoms with Crippen LogP contribution in [0.25, 0.3) is 0 Å². The van der Waals surface area contributed by atoms with E-state index in [4.69, 9.17) is 10.5 Å². The molecule has 0 radical (unpaired) electrons. The number of hydrogen-bond donors (Lipinski definition) is 1. The van der Waals surface area contributed by atoms with Crippen molar-refractivity contribution in [2.45, 2.75) is 31.7 Å². The van der Waals surface area contributed by atoms with Gasteiger partial charge < -0.3 is 10.5 Å². The van der Waals surface area contributed by atoms with Crippen molar-refractivity contribution in [1.82, 2.24) is 4.90 Å². The largest absolute Gasteiger partial charge is 0.380 e. The van der Waals surface area contributed by atoms with E-state index < -0.39 is 0 Å². The van der Waals surface area contributed by atoms with Gasteiger partial charge in [0.05, 0.1) is 6.61 Å². The molecule has 1 aliphatic rings. The van der Waals surface area contributed by atoms with Crippen molar-refractivity contribution >= 4 is 0 Å². The summed E-state index contributed by atoms with van der Waals surface area (Å²) in [4.78, 5) is 2.40. The van der Waals surface area contributed by atoms with E-state index in [2.05, 4.69) is 36.2 Å². The number of benzene rings is 1. The minimum Gasteiger partial charge on any atom is -0.380 e. The molecule has 1 aromatic rings. The second kappa shape index (κ2) is 6.51. The summed E-state index contributed by atoms with van der Waals surface area (Å²) in [6.45, 7) is 5.27. The number of hydrogen-bond acceptors (Lipinski definition) is 3. The van der Waals surface area contributed by atoms with Crippen LogP contribution in [0.2, 0.25) is 0 Å². The highest BCUT2D eigenvalue weighted by Gasteiger charge is 2.36. The molecule has 0 saturated carbocycles. The Morgan fingerprint density at radius 1 is 1.32 bits per heavy atom. The minimum atomic E-state index is 0.103. The molecule has 1 unspecified atom stereocenters. The van der Waals surface area contributed by atoms with E-state index in [1.54, 1.807) is 0 Å². The summed E-state index contributed by atoms with van der Waals surface area (Å²) in [7, 11) is 2.18. The maximum absolute atomic E-state index is 6.12. The molecular formula is C16H26N2O. The third-order valence-electron chi connectivity index (χ3n) is 4.46. The Labute approximate surface area is 116 Å². The molecule has 0 heterocycles. The van der Waals surface area contributed by atoms with Gasteiger partial charge in [0.2, 0.25) is 0 Å². The molecular weight excluding hydrogens is 236 g/mol. The number of rotatable bonds is 6. The fourth-order valence-electron chi connectivity index (χ4n) is 3.02. The zero-order chi connectivity index (χ0) is 13.7. The Morgan fingerprint density at radius 3 is 2.74 bits per heavy atom. The van der Waals surface area contributed by atoms with Gasteiger partial charge in [-0.05, 0) is 44.4 Å². The molecule has 106 valence electrons. The van der Waals surface area contributed by atoms with Crippen LogP contribution in [-0.2, 0) is 17.6 Å². The predicted molar refractivity (Wildman–Crippen MR) is 79.4 cm³/mol. The maximum atomic E-state index is 6.12. The Bertz CT molecular complexity index is 407. The first-order valence-corrected chi connectivity index (χ1v) is 7.27. The summed E-state index contributed by atoms with van der Waals surface area (Å²) in [5.74, 6) is 0. The zero-order valence-corrected chi connectivity index (χ0v) is 12.2. The Hall–Kier alpha value is -0.900. The number of fused-ring (bicyclic) bond motifs is 1. The minimum absolute atomic E-state index is 0.103. The van der Waals surface area contributed by atoms with Gasteiger partial charge in [-0.2, -0.15) is 0 Å². The fraction of sp³-hybridized carbons (Fsp3) is 0.625. The summed E-state index contributed by atoms with van der Waals surface area (Å²) in [6.07, 6.45) is 3.33. The standard InChI is InChI=1S/C16H26N2O/c1-3-19-11-10-18(2)16(13-17)9-8-14-6-4-5-7-15(14)12-16/h4-7H,3,8-13,17H2,1-2H3. The van der Waals surface area contributed by atoms with Crippen LogP contribution >= 0.6 is 0 Å². The van der Waals surface area contributed by atoms with Crippen LogP contribution < -0.4 is 5.73 Å². The van der Waals surface area contributed by atoms with Crippen molar-refractivity contribution in [3.63, 3.8) is 0 Å². The molecule has 0 aromatic heterocycles. The quantitative estimate of drug-likeness (QED) is 0.795. The van der Waals surface area contributed by atoms with Crippen LogP contribution in [0.3, 0.4) is 0 Å². The van der Waals surface area contributed by atoms with Crippen molar-refractivity contribution in [3.05, 3.63) is 35.4 Å². The Kier molecular flexibility index (Phi) is 4.97. The molecule has 2 rings (SSSR count). The molecule has 1 aromatic carbocycles. The molecule has 0 amide bonds. The highest BCUT2D eigenvalue weighted by Crippen LogP contribution is 2.31. The lowest BCUT2D eigenvalue weighted by Gasteiger charge is -2.44. The van der Waals surface area contributed by atoms with Crippen LogP contribution in [0.5, 0.6) is 0 Å². The molecule has 0 fully saturated rings. The first-order valence-electron chi connectivity index (χ1n) is 7.27. The second-order valence-electron chi connectivity index (χ2n) is 5.49. The molecule has 0 saturated heterocycles. The van der Waals surface area contributed by atoms with E-state index in [9.17, 15) is 0 Å². The monoisotopic (exact) mass is 262 g/mol. The molecule has 0 spiro atoms. The maximum Gasteiger partial charge on any atom is 0.0593 e. The van der Waals surface area contributed by atoms with Gasteiger partial charge in [-0.25, -0.2) is 0 Å². The lowest BCUT2D eigenvalue weighted by molar-refractivity contribution is 0.0594. The van der Waals surface area contributed by atoms with E-state index in [0.717, 1.165) is 39.0 Å². The SMILES string of the molecule is CCOCCN(C)C1(CN)CCc2ccccc2C1. The van der Waals surface area contributed by atoms with Crippen molar-refractivity contribution in [2.75, 3.05) is 33.4 Å². The van der Waals surface area contributed by atoms with Gasteiger partial charge >= 0.3 is 0 Å². The highest BCUT2D eigenvalue weighted by atomic mass is 16.5. The van der Waals surface area contributed by atoms with Crippen LogP contribution in [-0.4, -0.2) is 43.8 Å². The van der Waals surface area contributed by atoms with E-state index in [-0.39, 0.29) is 5.54 Å². The lowest BCUT2D eigenvalue weighted by atomic mass is 9.77. The molecule has 0 bridgehead atoms. The van der Waals surface area contributed by atoms with Gasteiger partial charge in [0, 0.05) is 25.2 Å². The van der Waals surface area contributed by atoms with E-state index in [1.165, 1.54) is 11.1 Å². The Morgan fingerprint density at radius 2 is 2.05 bits per heavy atom. The Balaban J connectivity index is 2.08. The summed E-state index contributed by atoms with van der Waals surface area (Å²) in [5.41, 5.74) is 9.17. The van der Waals surface area contributed by atoms with Crippen LogP contribution in [0.4, 0.5) is 0 Å². The second-order valence-corrected chi connectivity index (χ2v) is 5.49. The first kappa shape index (κ1) is 14.5. The number of likely N-dealkylation sites (N-methyl/N-ethyl adjacent to an activating group) is 1. The van der Waals surface area contributed by atoms with Crippen LogP contribution in [0.15, 0.2) is 24.3 Å². The topological polar surface area (TPSA) is 38.5 Å². The van der Waals surface area contributed by atoms with Crippen LogP contribution in [0, 0.1) is 0 Å².